The lowest BCUT2D eigenvalue weighted by molar-refractivity contribution is -0.0666. The molecule has 0 heterocycles. The van der Waals surface area contributed by atoms with Crippen LogP contribution in [0.4, 0.5) is 0 Å². The number of aryl methyl sites for hydroxylation is 1. The van der Waals surface area contributed by atoms with Crippen LogP contribution in [-0.4, -0.2) is 23.4 Å². The van der Waals surface area contributed by atoms with Crippen LogP contribution in [0.25, 0.3) is 0 Å². The monoisotopic (exact) mass is 290 g/mol. The molecule has 1 aromatic carbocycles. The first-order valence-corrected chi connectivity index (χ1v) is 8.39. The Hall–Kier alpha value is -0.860. The lowest BCUT2D eigenvalue weighted by atomic mass is 9.47. The smallest absolute Gasteiger partial charge is 0.0533 e. The fourth-order valence-electron chi connectivity index (χ4n) is 5.17. The molecule has 0 spiro atoms. The van der Waals surface area contributed by atoms with Crippen LogP contribution in [0.5, 0.6) is 0 Å². The van der Waals surface area contributed by atoms with Crippen LogP contribution in [0.3, 0.4) is 0 Å². The summed E-state index contributed by atoms with van der Waals surface area (Å²) in [7, 11) is 0. The predicted molar refractivity (Wildman–Crippen MR) is 87.4 cm³/mol. The summed E-state index contributed by atoms with van der Waals surface area (Å²) in [5.74, 6) is 0.285. The Kier molecular flexibility index (Phi) is 5.11. The van der Waals surface area contributed by atoms with Gasteiger partial charge in [0.05, 0.1) is 6.61 Å². The molecule has 2 heteroatoms. The zero-order chi connectivity index (χ0) is 15.5. The van der Waals surface area contributed by atoms with Crippen molar-refractivity contribution in [2.24, 2.45) is 11.3 Å². The Bertz CT molecular complexity index is 464. The Morgan fingerprint density at radius 2 is 1.81 bits per heavy atom. The summed E-state index contributed by atoms with van der Waals surface area (Å²) in [5, 5.41) is 20.4. The number of hydrogen-bond acceptors (Lipinski definition) is 2. The van der Waals surface area contributed by atoms with Gasteiger partial charge in [-0.15, -0.1) is 0 Å². The number of benzene rings is 1. The molecule has 21 heavy (non-hydrogen) atoms. The molecule has 1 saturated carbocycles. The molecule has 0 amide bonds. The van der Waals surface area contributed by atoms with Crippen molar-refractivity contribution in [2.75, 3.05) is 13.2 Å². The van der Waals surface area contributed by atoms with Gasteiger partial charge in [-0.05, 0) is 55.1 Å². The second-order valence-corrected chi connectivity index (χ2v) is 6.69. The van der Waals surface area contributed by atoms with Crippen molar-refractivity contribution in [1.82, 2.24) is 0 Å². The van der Waals surface area contributed by atoms with Crippen molar-refractivity contribution >= 4 is 0 Å². The molecular formula is C19H30O2. The second-order valence-electron chi connectivity index (χ2n) is 6.69. The van der Waals surface area contributed by atoms with E-state index in [1.807, 2.05) is 0 Å². The van der Waals surface area contributed by atoms with Crippen LogP contribution >= 0.6 is 0 Å². The van der Waals surface area contributed by atoms with Gasteiger partial charge in [0, 0.05) is 12.0 Å². The van der Waals surface area contributed by atoms with Gasteiger partial charge in [-0.1, -0.05) is 44.5 Å². The van der Waals surface area contributed by atoms with Gasteiger partial charge in [0.15, 0.2) is 0 Å². The maximum atomic E-state index is 10.4. The van der Waals surface area contributed by atoms with Crippen molar-refractivity contribution in [3.8, 4) is 0 Å². The van der Waals surface area contributed by atoms with Gasteiger partial charge in [0.25, 0.3) is 0 Å². The Balaban J connectivity index is 2.65. The molecule has 1 fully saturated rings. The van der Waals surface area contributed by atoms with Crippen molar-refractivity contribution in [3.05, 3.63) is 35.4 Å². The van der Waals surface area contributed by atoms with Gasteiger partial charge in [-0.2, -0.15) is 0 Å². The third kappa shape index (κ3) is 2.33. The van der Waals surface area contributed by atoms with E-state index in [4.69, 9.17) is 0 Å². The van der Waals surface area contributed by atoms with E-state index in [0.29, 0.717) is 0 Å². The third-order valence-corrected chi connectivity index (χ3v) is 6.30. The maximum Gasteiger partial charge on any atom is 0.0533 e. The number of aliphatic hydroxyl groups excluding tert-OH is 2. The summed E-state index contributed by atoms with van der Waals surface area (Å²) in [6.07, 6.45) is 5.19. The van der Waals surface area contributed by atoms with Gasteiger partial charge in [-0.3, -0.25) is 0 Å². The van der Waals surface area contributed by atoms with Gasteiger partial charge in [0.2, 0.25) is 0 Å². The van der Waals surface area contributed by atoms with Crippen molar-refractivity contribution < 1.29 is 10.2 Å². The molecule has 1 aromatic rings. The van der Waals surface area contributed by atoms with E-state index in [1.165, 1.54) is 11.1 Å². The number of aliphatic hydroxyl groups is 2. The molecule has 0 bridgehead atoms. The average Bonchev–Trinajstić information content (AvgIpc) is 2.54. The molecule has 1 aliphatic carbocycles. The van der Waals surface area contributed by atoms with E-state index in [0.717, 1.165) is 32.1 Å². The summed E-state index contributed by atoms with van der Waals surface area (Å²) < 4.78 is 0. The molecule has 0 aliphatic heterocycles. The Morgan fingerprint density at radius 1 is 1.14 bits per heavy atom. The van der Waals surface area contributed by atoms with E-state index in [1.54, 1.807) is 0 Å². The molecule has 1 aliphatic rings. The summed E-state index contributed by atoms with van der Waals surface area (Å²) in [6.45, 7) is 7.00. The van der Waals surface area contributed by atoms with Crippen LogP contribution < -0.4 is 0 Å². The normalized spacial score (nSPS) is 28.5. The maximum absolute atomic E-state index is 10.4. The minimum absolute atomic E-state index is 0.0130. The summed E-state index contributed by atoms with van der Waals surface area (Å²) >= 11 is 0. The minimum atomic E-state index is -0.215. The average molecular weight is 290 g/mol. The van der Waals surface area contributed by atoms with Crippen molar-refractivity contribution in [3.63, 3.8) is 0 Å². The molecule has 2 N–H and O–H groups in total. The Labute approximate surface area is 129 Å². The zero-order valence-corrected chi connectivity index (χ0v) is 13.7. The lowest BCUT2D eigenvalue weighted by Gasteiger charge is -2.57. The first-order valence-electron chi connectivity index (χ1n) is 8.39. The lowest BCUT2D eigenvalue weighted by Crippen LogP contribution is -2.56. The SMILES string of the molecule is CCC1(CC)C(CO)CCCC1(CO)c1ccccc1C. The van der Waals surface area contributed by atoms with Crippen LogP contribution in [-0.2, 0) is 5.41 Å². The van der Waals surface area contributed by atoms with Gasteiger partial charge < -0.3 is 10.2 Å². The van der Waals surface area contributed by atoms with Crippen LogP contribution in [0.2, 0.25) is 0 Å². The highest BCUT2D eigenvalue weighted by atomic mass is 16.3. The number of hydrogen-bond donors (Lipinski definition) is 2. The summed E-state index contributed by atoms with van der Waals surface area (Å²) in [6, 6.07) is 8.48. The molecule has 0 saturated heterocycles. The molecule has 0 radical (unpaired) electrons. The zero-order valence-electron chi connectivity index (χ0n) is 13.7. The van der Waals surface area contributed by atoms with E-state index in [9.17, 15) is 10.2 Å². The molecule has 2 nitrogen and oxygen atoms in total. The van der Waals surface area contributed by atoms with E-state index in [2.05, 4.69) is 45.0 Å². The van der Waals surface area contributed by atoms with Crippen molar-refractivity contribution in [1.29, 1.82) is 0 Å². The first-order chi connectivity index (χ1) is 10.1. The second kappa shape index (κ2) is 6.50. The van der Waals surface area contributed by atoms with Crippen LogP contribution in [0.15, 0.2) is 24.3 Å². The van der Waals surface area contributed by atoms with Gasteiger partial charge in [-0.25, -0.2) is 0 Å². The molecule has 118 valence electrons. The fraction of sp³-hybridized carbons (Fsp3) is 0.684. The molecule has 2 atom stereocenters. The highest BCUT2D eigenvalue weighted by Crippen LogP contribution is 2.59. The largest absolute Gasteiger partial charge is 0.396 e. The van der Waals surface area contributed by atoms with Crippen LogP contribution in [0.1, 0.15) is 57.1 Å². The van der Waals surface area contributed by atoms with Crippen LogP contribution in [0, 0.1) is 18.3 Å². The predicted octanol–water partition coefficient (Wildman–Crippen LogP) is 3.82. The molecule has 0 aromatic heterocycles. The Morgan fingerprint density at radius 3 is 2.33 bits per heavy atom. The van der Waals surface area contributed by atoms with Crippen molar-refractivity contribution in [2.45, 2.75) is 58.3 Å². The summed E-state index contributed by atoms with van der Waals surface area (Å²) in [5.41, 5.74) is 2.32. The topological polar surface area (TPSA) is 40.5 Å². The van der Waals surface area contributed by atoms with E-state index in [-0.39, 0.29) is 30.0 Å². The van der Waals surface area contributed by atoms with Gasteiger partial charge in [0.1, 0.15) is 0 Å². The highest BCUT2D eigenvalue weighted by Gasteiger charge is 2.55. The van der Waals surface area contributed by atoms with E-state index < -0.39 is 0 Å². The summed E-state index contributed by atoms with van der Waals surface area (Å²) in [4.78, 5) is 0. The standard InChI is InChI=1S/C19H30O2/c1-4-18(5-2)16(13-20)10-8-12-19(18,14-21)17-11-7-6-9-15(17)3/h6-7,9,11,16,20-21H,4-5,8,10,12-14H2,1-3H3. The first kappa shape index (κ1) is 16.5. The van der Waals surface area contributed by atoms with Gasteiger partial charge >= 0.3 is 0 Å². The molecule has 2 rings (SSSR count). The molecule has 2 unspecified atom stereocenters. The molecular weight excluding hydrogens is 260 g/mol. The highest BCUT2D eigenvalue weighted by molar-refractivity contribution is 5.37. The quantitative estimate of drug-likeness (QED) is 0.865. The number of rotatable bonds is 5. The van der Waals surface area contributed by atoms with E-state index >= 15 is 0 Å². The third-order valence-electron chi connectivity index (χ3n) is 6.30. The minimum Gasteiger partial charge on any atom is -0.396 e. The fourth-order valence-corrected chi connectivity index (χ4v) is 5.17.